The topological polar surface area (TPSA) is 84.9 Å². The lowest BCUT2D eigenvalue weighted by atomic mass is 9.68. The molecule has 0 unspecified atom stereocenters. The molecular weight excluding hydrogens is 310 g/mol. The van der Waals surface area contributed by atoms with Gasteiger partial charge in [-0.3, -0.25) is 4.79 Å². The fraction of sp³-hybridized carbons (Fsp3) is 0.556. The summed E-state index contributed by atoms with van der Waals surface area (Å²) in [5.41, 5.74) is 1.31. The molecule has 1 aromatic rings. The molecule has 6 nitrogen and oxygen atoms in total. The minimum Gasteiger partial charge on any atom is -0.493 e. The van der Waals surface area contributed by atoms with Crippen LogP contribution in [0, 0.1) is 19.8 Å². The lowest BCUT2D eigenvalue weighted by Gasteiger charge is -2.44. The summed E-state index contributed by atoms with van der Waals surface area (Å²) in [6.07, 6.45) is 0.954. The third-order valence-corrected chi connectivity index (χ3v) is 4.56. The molecule has 24 heavy (non-hydrogen) atoms. The van der Waals surface area contributed by atoms with Gasteiger partial charge in [-0.15, -0.1) is 0 Å². The van der Waals surface area contributed by atoms with Crippen molar-refractivity contribution in [3.8, 4) is 5.75 Å². The molecule has 1 aliphatic carbocycles. The second-order valence-electron chi connectivity index (χ2n) is 6.42. The number of amides is 1. The van der Waals surface area contributed by atoms with Crippen LogP contribution in [0.4, 0.5) is 0 Å². The van der Waals surface area contributed by atoms with Crippen molar-refractivity contribution < 1.29 is 24.2 Å². The zero-order valence-corrected chi connectivity index (χ0v) is 14.4. The van der Waals surface area contributed by atoms with Gasteiger partial charge in [0.25, 0.3) is 0 Å². The first-order valence-electron chi connectivity index (χ1n) is 8.10. The van der Waals surface area contributed by atoms with Gasteiger partial charge in [0.2, 0.25) is 5.91 Å². The second-order valence-corrected chi connectivity index (χ2v) is 6.42. The van der Waals surface area contributed by atoms with Gasteiger partial charge in [-0.1, -0.05) is 6.07 Å². The Bertz CT molecular complexity index is 607. The maximum Gasteiger partial charge on any atom is 0.331 e. The number of ether oxygens (including phenoxy) is 2. The lowest BCUT2D eigenvalue weighted by molar-refractivity contribution is -0.158. The monoisotopic (exact) mass is 335 g/mol. The summed E-state index contributed by atoms with van der Waals surface area (Å²) in [4.78, 5) is 24.0. The fourth-order valence-electron chi connectivity index (χ4n) is 2.96. The Morgan fingerprint density at radius 2 is 2.00 bits per heavy atom. The SMILES string of the molecule is COC(=O)C1(NC(=O)CCOc2ccc(C)c(C)c2)CC(CO)C1. The summed E-state index contributed by atoms with van der Waals surface area (Å²) in [5.74, 6) is 0.0185. The number of methoxy groups -OCH3 is 1. The molecule has 0 bridgehead atoms. The quantitative estimate of drug-likeness (QED) is 0.738. The van der Waals surface area contributed by atoms with Crippen LogP contribution in [0.1, 0.15) is 30.4 Å². The van der Waals surface area contributed by atoms with Crippen LogP contribution in [0.15, 0.2) is 18.2 Å². The Labute approximate surface area is 142 Å². The molecule has 2 rings (SSSR count). The highest BCUT2D eigenvalue weighted by Crippen LogP contribution is 2.38. The van der Waals surface area contributed by atoms with E-state index in [-0.39, 0.29) is 31.5 Å². The summed E-state index contributed by atoms with van der Waals surface area (Å²) in [7, 11) is 1.30. The van der Waals surface area contributed by atoms with Gasteiger partial charge in [-0.2, -0.15) is 0 Å². The average Bonchev–Trinajstić information content (AvgIpc) is 2.53. The molecule has 0 heterocycles. The van der Waals surface area contributed by atoms with Gasteiger partial charge in [0.15, 0.2) is 0 Å². The highest BCUT2D eigenvalue weighted by Gasteiger charge is 2.51. The number of benzene rings is 1. The van der Waals surface area contributed by atoms with E-state index in [2.05, 4.69) is 5.32 Å². The number of esters is 1. The van der Waals surface area contributed by atoms with Gasteiger partial charge < -0.3 is 19.9 Å². The minimum atomic E-state index is -1.00. The lowest BCUT2D eigenvalue weighted by Crippen LogP contribution is -2.63. The predicted octanol–water partition coefficient (Wildman–Crippen LogP) is 1.50. The molecule has 1 saturated carbocycles. The molecule has 0 spiro atoms. The molecule has 0 aromatic heterocycles. The number of aliphatic hydroxyl groups is 1. The van der Waals surface area contributed by atoms with Gasteiger partial charge in [0.05, 0.1) is 20.1 Å². The van der Waals surface area contributed by atoms with Crippen molar-refractivity contribution in [2.24, 2.45) is 5.92 Å². The third-order valence-electron chi connectivity index (χ3n) is 4.56. The van der Waals surface area contributed by atoms with Gasteiger partial charge >= 0.3 is 5.97 Å². The van der Waals surface area contributed by atoms with Gasteiger partial charge in [-0.25, -0.2) is 4.79 Å². The van der Waals surface area contributed by atoms with Crippen molar-refractivity contribution in [3.63, 3.8) is 0 Å². The number of hydrogen-bond donors (Lipinski definition) is 2. The third kappa shape index (κ3) is 4.06. The fourth-order valence-corrected chi connectivity index (χ4v) is 2.96. The normalized spacial score (nSPS) is 22.4. The molecule has 1 aromatic carbocycles. The van der Waals surface area contributed by atoms with E-state index in [4.69, 9.17) is 14.6 Å². The van der Waals surface area contributed by atoms with Gasteiger partial charge in [0, 0.05) is 6.61 Å². The number of nitrogens with one attached hydrogen (secondary N) is 1. The molecule has 0 radical (unpaired) electrons. The van der Waals surface area contributed by atoms with Crippen molar-refractivity contribution in [2.75, 3.05) is 20.3 Å². The van der Waals surface area contributed by atoms with Gasteiger partial charge in [-0.05, 0) is 55.9 Å². The van der Waals surface area contributed by atoms with Crippen LogP contribution in [-0.2, 0) is 14.3 Å². The summed E-state index contributed by atoms with van der Waals surface area (Å²) in [5, 5.41) is 11.9. The summed E-state index contributed by atoms with van der Waals surface area (Å²) >= 11 is 0. The number of hydrogen-bond acceptors (Lipinski definition) is 5. The molecule has 1 fully saturated rings. The van der Waals surface area contributed by atoms with Crippen LogP contribution in [0.3, 0.4) is 0 Å². The molecule has 0 aliphatic heterocycles. The molecule has 0 atom stereocenters. The van der Waals surface area contributed by atoms with Crippen LogP contribution in [0.2, 0.25) is 0 Å². The minimum absolute atomic E-state index is 0.00447. The van der Waals surface area contributed by atoms with E-state index in [1.807, 2.05) is 32.0 Å². The molecule has 132 valence electrons. The van der Waals surface area contributed by atoms with E-state index in [9.17, 15) is 9.59 Å². The molecule has 1 amide bonds. The number of rotatable bonds is 7. The second kappa shape index (κ2) is 7.66. The summed E-state index contributed by atoms with van der Waals surface area (Å²) in [6.45, 7) is 4.26. The Morgan fingerprint density at radius 3 is 2.58 bits per heavy atom. The Balaban J connectivity index is 1.83. The van der Waals surface area contributed by atoms with Crippen LogP contribution < -0.4 is 10.1 Å². The molecule has 1 aliphatic rings. The first-order chi connectivity index (χ1) is 11.4. The molecule has 6 heteroatoms. The van der Waals surface area contributed by atoms with Crippen LogP contribution in [-0.4, -0.2) is 42.8 Å². The van der Waals surface area contributed by atoms with E-state index in [1.54, 1.807) is 0 Å². The number of carbonyl (C=O) groups is 2. The van der Waals surface area contributed by atoms with Crippen molar-refractivity contribution in [1.29, 1.82) is 0 Å². The standard InChI is InChI=1S/C18H25NO5/c1-12-4-5-15(8-13(12)2)24-7-6-16(21)19-18(17(22)23-3)9-14(10-18)11-20/h4-5,8,14,20H,6-7,9-11H2,1-3H3,(H,19,21). The van der Waals surface area contributed by atoms with Crippen molar-refractivity contribution in [1.82, 2.24) is 5.32 Å². The van der Waals surface area contributed by atoms with Gasteiger partial charge in [0.1, 0.15) is 11.3 Å². The van der Waals surface area contributed by atoms with Crippen LogP contribution >= 0.6 is 0 Å². The van der Waals surface area contributed by atoms with Crippen molar-refractivity contribution in [3.05, 3.63) is 29.3 Å². The molecular formula is C18H25NO5. The predicted molar refractivity (Wildman–Crippen MR) is 88.7 cm³/mol. The number of aliphatic hydroxyl groups excluding tert-OH is 1. The van der Waals surface area contributed by atoms with E-state index >= 15 is 0 Å². The Morgan fingerprint density at radius 1 is 1.29 bits per heavy atom. The highest BCUT2D eigenvalue weighted by molar-refractivity contribution is 5.89. The van der Waals surface area contributed by atoms with E-state index < -0.39 is 11.5 Å². The average molecular weight is 335 g/mol. The largest absolute Gasteiger partial charge is 0.493 e. The zero-order chi connectivity index (χ0) is 17.7. The maximum atomic E-state index is 12.1. The highest BCUT2D eigenvalue weighted by atomic mass is 16.5. The first kappa shape index (κ1) is 18.3. The number of carbonyl (C=O) groups excluding carboxylic acids is 2. The Kier molecular flexibility index (Phi) is 5.83. The van der Waals surface area contributed by atoms with E-state index in [0.29, 0.717) is 12.8 Å². The summed E-state index contributed by atoms with van der Waals surface area (Å²) < 4.78 is 10.4. The Hall–Kier alpha value is -2.08. The first-order valence-corrected chi connectivity index (χ1v) is 8.10. The summed E-state index contributed by atoms with van der Waals surface area (Å²) in [6, 6.07) is 5.77. The van der Waals surface area contributed by atoms with E-state index in [1.165, 1.54) is 12.7 Å². The van der Waals surface area contributed by atoms with Crippen molar-refractivity contribution in [2.45, 2.75) is 38.6 Å². The van der Waals surface area contributed by atoms with Crippen molar-refractivity contribution >= 4 is 11.9 Å². The molecule has 0 saturated heterocycles. The van der Waals surface area contributed by atoms with Crippen LogP contribution in [0.25, 0.3) is 0 Å². The number of aryl methyl sites for hydroxylation is 2. The molecule has 2 N–H and O–H groups in total. The van der Waals surface area contributed by atoms with Crippen LogP contribution in [0.5, 0.6) is 5.75 Å². The van der Waals surface area contributed by atoms with E-state index in [0.717, 1.165) is 11.3 Å². The maximum absolute atomic E-state index is 12.1. The smallest absolute Gasteiger partial charge is 0.331 e. The zero-order valence-electron chi connectivity index (χ0n) is 14.4.